The van der Waals surface area contributed by atoms with Crippen LogP contribution >= 0.6 is 0 Å². The fourth-order valence-electron chi connectivity index (χ4n) is 3.62. The Hall–Kier alpha value is -2.48. The van der Waals surface area contributed by atoms with E-state index in [4.69, 9.17) is 10.1 Å². The first-order valence-electron chi connectivity index (χ1n) is 10.2. The van der Waals surface area contributed by atoms with Crippen molar-refractivity contribution in [3.63, 3.8) is 0 Å². The Labute approximate surface area is 166 Å². The molecule has 0 bridgehead atoms. The molecule has 1 atom stereocenters. The summed E-state index contributed by atoms with van der Waals surface area (Å²) in [6.45, 7) is 3.74. The second-order valence-corrected chi connectivity index (χ2v) is 7.32. The molecule has 0 radical (unpaired) electrons. The van der Waals surface area contributed by atoms with Crippen molar-refractivity contribution >= 4 is 11.7 Å². The minimum atomic E-state index is 0.0847. The Balaban J connectivity index is 1.65. The quantitative estimate of drug-likeness (QED) is 0.640. The molecule has 0 aliphatic carbocycles. The van der Waals surface area contributed by atoms with E-state index in [9.17, 15) is 4.79 Å². The van der Waals surface area contributed by atoms with Crippen molar-refractivity contribution in [2.24, 2.45) is 0 Å². The predicted octanol–water partition coefficient (Wildman–Crippen LogP) is 2.00. The summed E-state index contributed by atoms with van der Waals surface area (Å²) in [5, 5.41) is 11.8. The molecule has 2 aromatic rings. The van der Waals surface area contributed by atoms with Gasteiger partial charge in [0.15, 0.2) is 0 Å². The van der Waals surface area contributed by atoms with Crippen LogP contribution in [-0.2, 0) is 4.79 Å². The lowest BCUT2D eigenvalue weighted by Gasteiger charge is -2.36. The predicted molar refractivity (Wildman–Crippen MR) is 107 cm³/mol. The van der Waals surface area contributed by atoms with Gasteiger partial charge in [-0.2, -0.15) is 4.98 Å². The van der Waals surface area contributed by atoms with Crippen LogP contribution in [0.15, 0.2) is 24.8 Å². The van der Waals surface area contributed by atoms with Gasteiger partial charge in [0.2, 0.25) is 11.9 Å². The molecule has 0 saturated carbocycles. The first kappa shape index (κ1) is 20.3. The zero-order valence-electron chi connectivity index (χ0n) is 16.5. The largest absolute Gasteiger partial charge is 0.396 e. The van der Waals surface area contributed by atoms with Gasteiger partial charge in [0.25, 0.3) is 0 Å². The summed E-state index contributed by atoms with van der Waals surface area (Å²) in [6.07, 6.45) is 11.5. The van der Waals surface area contributed by atoms with Crippen LogP contribution in [-0.4, -0.2) is 56.3 Å². The van der Waals surface area contributed by atoms with Gasteiger partial charge in [-0.25, -0.2) is 9.97 Å². The highest BCUT2D eigenvalue weighted by molar-refractivity contribution is 5.77. The molecule has 1 unspecified atom stereocenters. The third-order valence-electron chi connectivity index (χ3n) is 5.06. The fourth-order valence-corrected chi connectivity index (χ4v) is 3.62. The molecule has 8 heteroatoms. The van der Waals surface area contributed by atoms with Gasteiger partial charge in [0.05, 0.1) is 0 Å². The van der Waals surface area contributed by atoms with Gasteiger partial charge in [-0.1, -0.05) is 0 Å². The Morgan fingerprint density at radius 3 is 2.96 bits per heavy atom. The number of piperidine rings is 1. The number of nitrogens with one attached hydrogen (secondary N) is 1. The van der Waals surface area contributed by atoms with Gasteiger partial charge in [0.1, 0.15) is 12.1 Å². The average Bonchev–Trinajstić information content (AvgIpc) is 3.23. The smallest absolute Gasteiger partial charge is 0.237 e. The normalized spacial score (nSPS) is 16.9. The summed E-state index contributed by atoms with van der Waals surface area (Å²) in [6, 6.07) is 2.14. The highest BCUT2D eigenvalue weighted by Gasteiger charge is 2.26. The van der Waals surface area contributed by atoms with Crippen molar-refractivity contribution in [1.29, 1.82) is 0 Å². The fraction of sp³-hybridized carbons (Fsp3) is 0.600. The molecule has 1 amide bonds. The van der Waals surface area contributed by atoms with Gasteiger partial charge in [-0.3, -0.25) is 9.36 Å². The monoisotopic (exact) mass is 386 g/mol. The summed E-state index contributed by atoms with van der Waals surface area (Å²) < 4.78 is 1.80. The van der Waals surface area contributed by atoms with Crippen molar-refractivity contribution in [2.75, 3.05) is 24.6 Å². The molecule has 3 rings (SSSR count). The van der Waals surface area contributed by atoms with Crippen molar-refractivity contribution in [1.82, 2.24) is 24.8 Å². The Morgan fingerprint density at radius 2 is 2.18 bits per heavy atom. The third-order valence-corrected chi connectivity index (χ3v) is 5.06. The van der Waals surface area contributed by atoms with E-state index in [0.29, 0.717) is 18.9 Å². The van der Waals surface area contributed by atoms with Gasteiger partial charge in [-0.05, 0) is 45.4 Å². The molecule has 1 fully saturated rings. The van der Waals surface area contributed by atoms with E-state index >= 15 is 0 Å². The number of aryl methyl sites for hydroxylation is 1. The highest BCUT2D eigenvalue weighted by Crippen LogP contribution is 2.26. The molecule has 0 aromatic carbocycles. The molecule has 1 aliphatic rings. The molecule has 152 valence electrons. The summed E-state index contributed by atoms with van der Waals surface area (Å²) in [5.74, 6) is 1.56. The third kappa shape index (κ3) is 5.51. The van der Waals surface area contributed by atoms with Crippen LogP contribution in [0.5, 0.6) is 0 Å². The summed E-state index contributed by atoms with van der Waals surface area (Å²) >= 11 is 0. The maximum atomic E-state index is 12.4. The molecular weight excluding hydrogens is 356 g/mol. The van der Waals surface area contributed by atoms with E-state index in [1.54, 1.807) is 17.1 Å². The second kappa shape index (κ2) is 10.2. The average molecular weight is 387 g/mol. The summed E-state index contributed by atoms with van der Waals surface area (Å²) in [4.78, 5) is 28.0. The number of amides is 1. The maximum absolute atomic E-state index is 12.4. The molecule has 2 N–H and O–H groups in total. The Bertz CT molecular complexity index is 749. The van der Waals surface area contributed by atoms with E-state index in [1.807, 2.05) is 19.2 Å². The number of imidazole rings is 1. The van der Waals surface area contributed by atoms with E-state index in [0.717, 1.165) is 56.6 Å². The minimum Gasteiger partial charge on any atom is -0.396 e. The molecule has 2 aromatic heterocycles. The lowest BCUT2D eigenvalue weighted by atomic mass is 9.99. The summed E-state index contributed by atoms with van der Waals surface area (Å²) in [5.41, 5.74) is 0.895. The number of aliphatic hydroxyl groups excluding tert-OH is 1. The number of rotatable bonds is 9. The number of hydrogen-bond acceptors (Lipinski definition) is 6. The van der Waals surface area contributed by atoms with Crippen LogP contribution in [0.1, 0.15) is 50.6 Å². The highest BCUT2D eigenvalue weighted by atomic mass is 16.2. The molecule has 1 aliphatic heterocycles. The topological polar surface area (TPSA) is 96.2 Å². The number of aliphatic hydroxyl groups is 1. The van der Waals surface area contributed by atoms with Crippen LogP contribution < -0.4 is 10.2 Å². The SMILES string of the molecule is Cc1cc(N2CCCCC2CC(=O)NCCCCCO)nc(-n2ccnc2)n1. The number of carbonyl (C=O) groups excluding carboxylic acids is 1. The Kier molecular flexibility index (Phi) is 7.36. The maximum Gasteiger partial charge on any atom is 0.237 e. The van der Waals surface area contributed by atoms with Crippen LogP contribution in [0.25, 0.3) is 5.95 Å². The number of carbonyl (C=O) groups is 1. The molecule has 1 saturated heterocycles. The van der Waals surface area contributed by atoms with Gasteiger partial charge < -0.3 is 15.3 Å². The van der Waals surface area contributed by atoms with Crippen LogP contribution in [0.2, 0.25) is 0 Å². The van der Waals surface area contributed by atoms with Crippen LogP contribution in [0, 0.1) is 6.92 Å². The molecule has 28 heavy (non-hydrogen) atoms. The van der Waals surface area contributed by atoms with E-state index in [2.05, 4.69) is 20.2 Å². The van der Waals surface area contributed by atoms with Gasteiger partial charge in [-0.15, -0.1) is 0 Å². The van der Waals surface area contributed by atoms with E-state index in [-0.39, 0.29) is 18.6 Å². The van der Waals surface area contributed by atoms with Crippen LogP contribution in [0.4, 0.5) is 5.82 Å². The van der Waals surface area contributed by atoms with Crippen molar-refractivity contribution < 1.29 is 9.90 Å². The zero-order chi connectivity index (χ0) is 19.8. The van der Waals surface area contributed by atoms with Gasteiger partial charge in [0, 0.05) is 56.3 Å². The first-order valence-corrected chi connectivity index (χ1v) is 10.2. The number of aromatic nitrogens is 4. The van der Waals surface area contributed by atoms with Crippen molar-refractivity contribution in [3.05, 3.63) is 30.5 Å². The zero-order valence-corrected chi connectivity index (χ0v) is 16.5. The number of hydrogen-bond donors (Lipinski definition) is 2. The standard InChI is InChI=1S/C20H30N6O2/c1-16-13-18(24-20(23-16)25-11-9-21-15-25)26-10-5-3-7-17(26)14-19(28)22-8-4-2-6-12-27/h9,11,13,15,17,27H,2-8,10,12,14H2,1H3,(H,22,28). The van der Waals surface area contributed by atoms with E-state index < -0.39 is 0 Å². The number of nitrogens with zero attached hydrogens (tertiary/aromatic N) is 5. The number of unbranched alkanes of at least 4 members (excludes halogenated alkanes) is 2. The second-order valence-electron chi connectivity index (χ2n) is 7.32. The van der Waals surface area contributed by atoms with Crippen LogP contribution in [0.3, 0.4) is 0 Å². The molecule has 3 heterocycles. The molecular formula is C20H30N6O2. The molecule has 8 nitrogen and oxygen atoms in total. The first-order chi connectivity index (χ1) is 13.7. The van der Waals surface area contributed by atoms with E-state index in [1.165, 1.54) is 0 Å². The Morgan fingerprint density at radius 1 is 1.29 bits per heavy atom. The lowest BCUT2D eigenvalue weighted by Crippen LogP contribution is -2.43. The number of anilines is 1. The minimum absolute atomic E-state index is 0.0847. The van der Waals surface area contributed by atoms with Gasteiger partial charge >= 0.3 is 0 Å². The molecule has 0 spiro atoms. The lowest BCUT2D eigenvalue weighted by molar-refractivity contribution is -0.121. The van der Waals surface area contributed by atoms with Crippen molar-refractivity contribution in [2.45, 2.75) is 57.9 Å². The van der Waals surface area contributed by atoms with Crippen molar-refractivity contribution in [3.8, 4) is 5.95 Å². The summed E-state index contributed by atoms with van der Waals surface area (Å²) in [7, 11) is 0.